The second-order valence-electron chi connectivity index (χ2n) is 8.35. The molecule has 2 atom stereocenters. The van der Waals surface area contributed by atoms with Crippen LogP contribution in [-0.4, -0.2) is 57.1 Å². The van der Waals surface area contributed by atoms with Gasteiger partial charge in [-0.05, 0) is 41.5 Å². The molecule has 2 heterocycles. The van der Waals surface area contributed by atoms with Crippen molar-refractivity contribution >= 4 is 41.1 Å². The largest absolute Gasteiger partial charge is 0.459 e. The zero-order valence-corrected chi connectivity index (χ0v) is 20.6. The van der Waals surface area contributed by atoms with E-state index in [0.29, 0.717) is 28.2 Å². The predicted octanol–water partition coefficient (Wildman–Crippen LogP) is 3.07. The Morgan fingerprint density at radius 1 is 0.947 bits per heavy atom. The molecule has 2 aliphatic rings. The van der Waals surface area contributed by atoms with Crippen molar-refractivity contribution in [3.63, 3.8) is 0 Å². The highest BCUT2D eigenvalue weighted by Gasteiger charge is 2.50. The van der Waals surface area contributed by atoms with Crippen LogP contribution in [0.15, 0.2) is 59.5 Å². The van der Waals surface area contributed by atoms with Crippen LogP contribution < -0.4 is 5.32 Å². The molecule has 13 nitrogen and oxygen atoms in total. The number of esters is 1. The number of nitro benzene ring substituents is 2. The maximum Gasteiger partial charge on any atom is 0.407 e. The fraction of sp³-hybridized carbons (Fsp3) is 0.292. The smallest absolute Gasteiger partial charge is 0.407 e. The van der Waals surface area contributed by atoms with Crippen LogP contribution in [0.4, 0.5) is 16.2 Å². The molecule has 38 heavy (non-hydrogen) atoms. The number of rotatable bonds is 11. The predicted molar refractivity (Wildman–Crippen MR) is 134 cm³/mol. The second kappa shape index (κ2) is 11.7. The first kappa shape index (κ1) is 26.6. The van der Waals surface area contributed by atoms with E-state index in [1.807, 2.05) is 6.08 Å². The Kier molecular flexibility index (Phi) is 8.21. The van der Waals surface area contributed by atoms with Gasteiger partial charge in [-0.1, -0.05) is 0 Å². The Balaban J connectivity index is 1.22. The first-order valence-corrected chi connectivity index (χ1v) is 12.4. The van der Waals surface area contributed by atoms with Crippen LogP contribution in [0.2, 0.25) is 0 Å². The van der Waals surface area contributed by atoms with Gasteiger partial charge in [0.2, 0.25) is 5.91 Å². The molecule has 0 saturated carbocycles. The molecular formula is C24H22N4O9S. The minimum atomic E-state index is -0.876. The van der Waals surface area contributed by atoms with Crippen molar-refractivity contribution in [1.29, 1.82) is 0 Å². The Hall–Kier alpha value is -4.46. The van der Waals surface area contributed by atoms with Crippen molar-refractivity contribution in [2.24, 2.45) is 0 Å². The van der Waals surface area contributed by atoms with Crippen molar-refractivity contribution in [3.8, 4) is 0 Å². The van der Waals surface area contributed by atoms with Gasteiger partial charge in [-0.15, -0.1) is 11.8 Å². The van der Waals surface area contributed by atoms with Crippen molar-refractivity contribution in [2.45, 2.75) is 31.7 Å². The molecule has 2 aromatic carbocycles. The fourth-order valence-electron chi connectivity index (χ4n) is 3.89. The van der Waals surface area contributed by atoms with Crippen LogP contribution in [0.1, 0.15) is 17.5 Å². The van der Waals surface area contributed by atoms with E-state index < -0.39 is 28.0 Å². The number of hydrogen-bond donors (Lipinski definition) is 1. The third kappa shape index (κ3) is 6.26. The van der Waals surface area contributed by atoms with Gasteiger partial charge in [0.15, 0.2) is 6.04 Å². The Morgan fingerprint density at radius 3 is 2.03 bits per heavy atom. The van der Waals surface area contributed by atoms with Crippen LogP contribution in [0, 0.1) is 20.2 Å². The van der Waals surface area contributed by atoms with Crippen LogP contribution >= 0.6 is 11.8 Å². The van der Waals surface area contributed by atoms with Gasteiger partial charge >= 0.3 is 12.1 Å². The average molecular weight is 543 g/mol. The van der Waals surface area contributed by atoms with Crippen molar-refractivity contribution in [3.05, 3.63) is 90.9 Å². The lowest BCUT2D eigenvalue weighted by molar-refractivity contribution is -0.385. The molecule has 14 heteroatoms. The van der Waals surface area contributed by atoms with E-state index in [-0.39, 0.29) is 43.1 Å². The number of nitro groups is 2. The molecule has 1 unspecified atom stereocenters. The first-order valence-electron chi connectivity index (χ1n) is 11.4. The number of nitrogens with zero attached hydrogens (tertiary/aromatic N) is 3. The molecule has 198 valence electrons. The number of carbonyl (C=O) groups excluding carboxylic acids is 3. The summed E-state index contributed by atoms with van der Waals surface area (Å²) >= 11 is 1.31. The highest BCUT2D eigenvalue weighted by Crippen LogP contribution is 2.39. The molecule has 2 amide bonds. The summed E-state index contributed by atoms with van der Waals surface area (Å²) < 4.78 is 10.5. The van der Waals surface area contributed by atoms with Crippen LogP contribution in [-0.2, 0) is 32.3 Å². The summed E-state index contributed by atoms with van der Waals surface area (Å²) in [5, 5.41) is 24.1. The zero-order chi connectivity index (χ0) is 27.2. The molecule has 2 aliphatic heterocycles. The number of hydrogen-bond acceptors (Lipinski definition) is 10. The number of carbonyl (C=O) groups is 3. The Morgan fingerprint density at radius 2 is 1.50 bits per heavy atom. The summed E-state index contributed by atoms with van der Waals surface area (Å²) in [5.74, 6) is -0.362. The summed E-state index contributed by atoms with van der Waals surface area (Å²) in [5.41, 5.74) is 1.04. The third-order valence-electron chi connectivity index (χ3n) is 5.84. The zero-order valence-electron chi connectivity index (χ0n) is 19.8. The topological polar surface area (TPSA) is 171 Å². The number of thioether (sulfide) groups is 1. The summed E-state index contributed by atoms with van der Waals surface area (Å²) in [6.45, 7) is 0.0773. The lowest BCUT2D eigenvalue weighted by Gasteiger charge is -2.38. The van der Waals surface area contributed by atoms with E-state index in [4.69, 9.17) is 9.47 Å². The van der Waals surface area contributed by atoms with Gasteiger partial charge in [0.1, 0.15) is 13.2 Å². The molecule has 0 radical (unpaired) electrons. The molecule has 0 spiro atoms. The number of non-ortho nitro benzene ring substituents is 2. The fourth-order valence-corrected chi connectivity index (χ4v) is 4.95. The lowest BCUT2D eigenvalue weighted by atomic mass is 10.0. The normalized spacial score (nSPS) is 17.6. The Bertz CT molecular complexity index is 1280. The minimum absolute atomic E-state index is 0.0520. The number of amides is 2. The molecule has 1 fully saturated rings. The van der Waals surface area contributed by atoms with E-state index >= 15 is 0 Å². The second-order valence-corrected chi connectivity index (χ2v) is 9.52. The van der Waals surface area contributed by atoms with Gasteiger partial charge in [-0.2, -0.15) is 0 Å². The van der Waals surface area contributed by atoms with Gasteiger partial charge < -0.3 is 19.7 Å². The summed E-state index contributed by atoms with van der Waals surface area (Å²) in [6, 6.07) is 10.2. The summed E-state index contributed by atoms with van der Waals surface area (Å²) in [7, 11) is 0. The van der Waals surface area contributed by atoms with Gasteiger partial charge in [0, 0.05) is 41.5 Å². The monoisotopic (exact) mass is 542 g/mol. The van der Waals surface area contributed by atoms with Gasteiger partial charge in [0.05, 0.1) is 22.3 Å². The standard InChI is InChI=1S/C24H22N4O9S/c29-21-12-19-11-20(22(26(19)21)23(30)36-13-15-1-5-17(6-2-15)27(32)33)38-10-9-25-24(31)37-14-16-3-7-18(8-4-16)28(34)35/h1-8,11,19,22H,9-10,12-14H2,(H,25,31)/t19?,22-/m0/s1. The quantitative estimate of drug-likeness (QED) is 0.146. The molecule has 1 N–H and O–H groups in total. The first-order chi connectivity index (χ1) is 18.2. The number of fused-ring (bicyclic) bond motifs is 1. The Labute approximate surface area is 220 Å². The van der Waals surface area contributed by atoms with Crippen LogP contribution in [0.25, 0.3) is 0 Å². The number of alkyl carbamates (subject to hydrolysis) is 1. The third-order valence-corrected chi connectivity index (χ3v) is 6.94. The van der Waals surface area contributed by atoms with E-state index in [0.717, 1.165) is 0 Å². The highest BCUT2D eigenvalue weighted by molar-refractivity contribution is 8.03. The van der Waals surface area contributed by atoms with Gasteiger partial charge in [0.25, 0.3) is 11.4 Å². The molecule has 0 bridgehead atoms. The minimum Gasteiger partial charge on any atom is -0.459 e. The van der Waals surface area contributed by atoms with E-state index in [1.165, 1.54) is 65.2 Å². The molecular weight excluding hydrogens is 520 g/mol. The van der Waals surface area contributed by atoms with Gasteiger partial charge in [-0.3, -0.25) is 25.0 Å². The number of ether oxygens (including phenoxy) is 2. The molecule has 4 rings (SSSR count). The van der Waals surface area contributed by atoms with Gasteiger partial charge in [-0.25, -0.2) is 9.59 Å². The SMILES string of the molecule is O=C(NCCSC1=CC2CC(=O)N2[C@@H]1C(=O)OCc1ccc([N+](=O)[O-])cc1)OCc1ccc([N+](=O)[O-])cc1. The number of benzene rings is 2. The maximum atomic E-state index is 12.9. The number of β-lactam (4-membered cyclic amide) rings is 1. The maximum absolute atomic E-state index is 12.9. The molecule has 1 saturated heterocycles. The molecule has 2 aromatic rings. The lowest BCUT2D eigenvalue weighted by Crippen LogP contribution is -2.55. The molecule has 0 aromatic heterocycles. The van der Waals surface area contributed by atoms with Crippen molar-refractivity contribution < 1.29 is 33.7 Å². The van der Waals surface area contributed by atoms with E-state index in [2.05, 4.69) is 5.32 Å². The number of nitrogens with one attached hydrogen (secondary N) is 1. The van der Waals surface area contributed by atoms with Crippen LogP contribution in [0.3, 0.4) is 0 Å². The summed E-state index contributed by atoms with van der Waals surface area (Å²) in [4.78, 5) is 59.5. The van der Waals surface area contributed by atoms with E-state index in [9.17, 15) is 34.6 Å². The van der Waals surface area contributed by atoms with Crippen molar-refractivity contribution in [1.82, 2.24) is 10.2 Å². The summed E-state index contributed by atoms with van der Waals surface area (Å²) in [6.07, 6.45) is 1.49. The highest BCUT2D eigenvalue weighted by atomic mass is 32.2. The van der Waals surface area contributed by atoms with Crippen LogP contribution in [0.5, 0.6) is 0 Å². The average Bonchev–Trinajstić information content (AvgIpc) is 3.20. The van der Waals surface area contributed by atoms with E-state index in [1.54, 1.807) is 0 Å². The molecule has 0 aliphatic carbocycles. The van der Waals surface area contributed by atoms with Crippen molar-refractivity contribution in [2.75, 3.05) is 12.3 Å².